The number of fused-ring (bicyclic) bond motifs is 1. The number of anilines is 1. The molecule has 0 atom stereocenters. The minimum absolute atomic E-state index is 0.237. The van der Waals surface area contributed by atoms with E-state index in [1.165, 1.54) is 0 Å². The quantitative estimate of drug-likeness (QED) is 0.517. The average molecular weight is 393 g/mol. The lowest BCUT2D eigenvalue weighted by molar-refractivity contribution is 0.326. The molecule has 0 saturated carbocycles. The van der Waals surface area contributed by atoms with Gasteiger partial charge in [0.05, 0.1) is 11.7 Å². The van der Waals surface area contributed by atoms with E-state index in [0.29, 0.717) is 23.6 Å². The molecule has 29 heavy (non-hydrogen) atoms. The van der Waals surface area contributed by atoms with E-state index in [0.717, 1.165) is 42.4 Å². The van der Waals surface area contributed by atoms with Crippen LogP contribution < -0.4 is 4.90 Å². The Labute approximate surface area is 167 Å². The van der Waals surface area contributed by atoms with Crippen molar-refractivity contribution in [3.8, 4) is 11.4 Å². The SMILES string of the molecule is Cc1nnc(N2CCC(c3nc(-c4ccc5cnn(C(C)C)c5c4)no3)CC2)o1. The maximum atomic E-state index is 5.62. The highest BCUT2D eigenvalue weighted by atomic mass is 16.5. The summed E-state index contributed by atoms with van der Waals surface area (Å²) in [6.07, 6.45) is 3.70. The van der Waals surface area contributed by atoms with Crippen molar-refractivity contribution in [2.45, 2.75) is 45.6 Å². The minimum Gasteiger partial charge on any atom is -0.408 e. The number of piperidine rings is 1. The normalized spacial score (nSPS) is 15.7. The molecule has 1 aliphatic rings. The first kappa shape index (κ1) is 17.8. The molecule has 0 spiro atoms. The summed E-state index contributed by atoms with van der Waals surface area (Å²) >= 11 is 0. The molecule has 0 bridgehead atoms. The van der Waals surface area contributed by atoms with Crippen LogP contribution in [0.15, 0.2) is 33.3 Å². The van der Waals surface area contributed by atoms with Crippen LogP contribution in [0, 0.1) is 6.92 Å². The van der Waals surface area contributed by atoms with Crippen LogP contribution in [-0.2, 0) is 0 Å². The van der Waals surface area contributed by atoms with Crippen LogP contribution in [0.25, 0.3) is 22.3 Å². The van der Waals surface area contributed by atoms with E-state index in [-0.39, 0.29) is 12.0 Å². The summed E-state index contributed by atoms with van der Waals surface area (Å²) in [7, 11) is 0. The molecule has 9 nitrogen and oxygen atoms in total. The zero-order chi connectivity index (χ0) is 20.0. The molecule has 1 aliphatic heterocycles. The molecule has 1 aromatic carbocycles. The predicted octanol–water partition coefficient (Wildman–Crippen LogP) is 3.74. The number of nitrogens with zero attached hydrogens (tertiary/aromatic N) is 7. The van der Waals surface area contributed by atoms with Gasteiger partial charge < -0.3 is 13.8 Å². The molecule has 0 radical (unpaired) electrons. The van der Waals surface area contributed by atoms with Gasteiger partial charge in [0.15, 0.2) is 0 Å². The van der Waals surface area contributed by atoms with E-state index in [1.807, 2.05) is 16.9 Å². The summed E-state index contributed by atoms with van der Waals surface area (Å²) in [5.74, 6) is 2.13. The van der Waals surface area contributed by atoms with Crippen molar-refractivity contribution < 1.29 is 8.94 Å². The Morgan fingerprint density at radius 1 is 1.14 bits per heavy atom. The zero-order valence-corrected chi connectivity index (χ0v) is 16.7. The van der Waals surface area contributed by atoms with Crippen molar-refractivity contribution in [1.82, 2.24) is 30.1 Å². The fraction of sp³-hybridized carbons (Fsp3) is 0.450. The molecule has 9 heteroatoms. The predicted molar refractivity (Wildman–Crippen MR) is 107 cm³/mol. The third kappa shape index (κ3) is 3.26. The van der Waals surface area contributed by atoms with Crippen LogP contribution in [0.5, 0.6) is 0 Å². The molecular weight excluding hydrogens is 370 g/mol. The third-order valence-electron chi connectivity index (χ3n) is 5.42. The van der Waals surface area contributed by atoms with Gasteiger partial charge in [0.2, 0.25) is 17.6 Å². The Bertz CT molecular complexity index is 1130. The van der Waals surface area contributed by atoms with Crippen molar-refractivity contribution >= 4 is 16.9 Å². The van der Waals surface area contributed by atoms with E-state index in [1.54, 1.807) is 6.92 Å². The van der Waals surface area contributed by atoms with Crippen molar-refractivity contribution in [1.29, 1.82) is 0 Å². The van der Waals surface area contributed by atoms with Crippen LogP contribution in [0.4, 0.5) is 6.01 Å². The van der Waals surface area contributed by atoms with Gasteiger partial charge in [-0.1, -0.05) is 22.4 Å². The molecule has 0 amide bonds. The van der Waals surface area contributed by atoms with E-state index in [9.17, 15) is 0 Å². The van der Waals surface area contributed by atoms with Gasteiger partial charge in [-0.05, 0) is 32.8 Å². The maximum absolute atomic E-state index is 5.62. The minimum atomic E-state index is 0.237. The van der Waals surface area contributed by atoms with E-state index >= 15 is 0 Å². The number of hydrogen-bond donors (Lipinski definition) is 0. The summed E-state index contributed by atoms with van der Waals surface area (Å²) in [4.78, 5) is 6.80. The fourth-order valence-electron chi connectivity index (χ4n) is 3.84. The Hall–Kier alpha value is -3.23. The summed E-state index contributed by atoms with van der Waals surface area (Å²) in [6, 6.07) is 7.03. The van der Waals surface area contributed by atoms with Crippen LogP contribution in [0.3, 0.4) is 0 Å². The summed E-state index contributed by atoms with van der Waals surface area (Å²) in [5.41, 5.74) is 2.01. The van der Waals surface area contributed by atoms with Gasteiger partial charge in [-0.2, -0.15) is 10.1 Å². The lowest BCUT2D eigenvalue weighted by Crippen LogP contribution is -2.33. The average Bonchev–Trinajstić information content (AvgIpc) is 3.46. The van der Waals surface area contributed by atoms with Gasteiger partial charge in [-0.15, -0.1) is 5.10 Å². The van der Waals surface area contributed by atoms with Crippen LogP contribution >= 0.6 is 0 Å². The molecule has 0 unspecified atom stereocenters. The van der Waals surface area contributed by atoms with Gasteiger partial charge in [0.1, 0.15) is 0 Å². The highest BCUT2D eigenvalue weighted by molar-refractivity contribution is 5.83. The largest absolute Gasteiger partial charge is 0.408 e. The van der Waals surface area contributed by atoms with Crippen LogP contribution in [0.2, 0.25) is 0 Å². The standard InChI is InChI=1S/C20H23N7O2/c1-12(2)27-17-10-15(4-5-16(17)11-21-27)18-22-19(29-25-18)14-6-8-26(9-7-14)20-24-23-13(3)28-20/h4-5,10-12,14H,6-9H2,1-3H3. The topological polar surface area (TPSA) is 98.9 Å². The Kier molecular flexibility index (Phi) is 4.30. The number of hydrogen-bond acceptors (Lipinski definition) is 8. The van der Waals surface area contributed by atoms with E-state index in [4.69, 9.17) is 13.9 Å². The first-order valence-corrected chi connectivity index (χ1v) is 9.95. The Morgan fingerprint density at radius 2 is 1.97 bits per heavy atom. The van der Waals surface area contributed by atoms with Gasteiger partial charge in [-0.3, -0.25) is 4.68 Å². The number of rotatable bonds is 4. The molecule has 1 fully saturated rings. The van der Waals surface area contributed by atoms with Crippen LogP contribution in [-0.4, -0.2) is 43.2 Å². The maximum Gasteiger partial charge on any atom is 0.318 e. The first-order chi connectivity index (χ1) is 14.1. The van der Waals surface area contributed by atoms with Gasteiger partial charge in [0, 0.05) is 42.9 Å². The van der Waals surface area contributed by atoms with Gasteiger partial charge >= 0.3 is 6.01 Å². The molecule has 150 valence electrons. The smallest absolute Gasteiger partial charge is 0.318 e. The molecule has 5 rings (SSSR count). The summed E-state index contributed by atoms with van der Waals surface area (Å²) in [5, 5.41) is 17.8. The zero-order valence-electron chi connectivity index (χ0n) is 16.7. The molecule has 3 aromatic heterocycles. The summed E-state index contributed by atoms with van der Waals surface area (Å²) in [6.45, 7) is 7.68. The van der Waals surface area contributed by atoms with Crippen molar-refractivity contribution in [2.24, 2.45) is 0 Å². The highest BCUT2D eigenvalue weighted by Gasteiger charge is 2.27. The second kappa shape index (κ2) is 6.98. The number of aryl methyl sites for hydroxylation is 1. The number of benzene rings is 1. The highest BCUT2D eigenvalue weighted by Crippen LogP contribution is 2.31. The van der Waals surface area contributed by atoms with Gasteiger partial charge in [-0.25, -0.2) is 0 Å². The fourth-order valence-corrected chi connectivity index (χ4v) is 3.84. The second-order valence-corrected chi connectivity index (χ2v) is 7.78. The monoisotopic (exact) mass is 393 g/mol. The van der Waals surface area contributed by atoms with Crippen LogP contribution in [0.1, 0.15) is 50.4 Å². The molecule has 4 heterocycles. The molecule has 0 N–H and O–H groups in total. The molecule has 4 aromatic rings. The lowest BCUT2D eigenvalue weighted by Gasteiger charge is -2.28. The Balaban J connectivity index is 1.33. The van der Waals surface area contributed by atoms with Crippen molar-refractivity contribution in [3.05, 3.63) is 36.2 Å². The second-order valence-electron chi connectivity index (χ2n) is 7.78. The first-order valence-electron chi connectivity index (χ1n) is 9.95. The molecule has 1 saturated heterocycles. The van der Waals surface area contributed by atoms with Crippen molar-refractivity contribution in [2.75, 3.05) is 18.0 Å². The summed E-state index contributed by atoms with van der Waals surface area (Å²) < 4.78 is 13.2. The lowest BCUT2D eigenvalue weighted by atomic mass is 9.97. The van der Waals surface area contributed by atoms with Gasteiger partial charge in [0.25, 0.3) is 0 Å². The van der Waals surface area contributed by atoms with E-state index in [2.05, 4.69) is 51.3 Å². The molecular formula is C20H23N7O2. The third-order valence-corrected chi connectivity index (χ3v) is 5.42. The molecule has 0 aliphatic carbocycles. The number of aromatic nitrogens is 6. The van der Waals surface area contributed by atoms with Crippen molar-refractivity contribution in [3.63, 3.8) is 0 Å². The van der Waals surface area contributed by atoms with E-state index < -0.39 is 0 Å². The Morgan fingerprint density at radius 3 is 2.69 bits per heavy atom.